The van der Waals surface area contributed by atoms with Gasteiger partial charge in [0.25, 0.3) is 0 Å². The van der Waals surface area contributed by atoms with Crippen molar-refractivity contribution in [1.82, 2.24) is 4.98 Å². The van der Waals surface area contributed by atoms with Crippen molar-refractivity contribution in [2.24, 2.45) is 0 Å². The molecule has 0 unspecified atom stereocenters. The maximum Gasteiger partial charge on any atom is 0.340 e. The van der Waals surface area contributed by atoms with Gasteiger partial charge in [0.1, 0.15) is 0 Å². The third-order valence-electron chi connectivity index (χ3n) is 1.45. The Hall–Kier alpha value is -1.78. The summed E-state index contributed by atoms with van der Waals surface area (Å²) in [6.07, 6.45) is 1.27. The van der Waals surface area contributed by atoms with E-state index < -0.39 is 5.97 Å². The normalized spacial score (nSPS) is 9.62. The van der Waals surface area contributed by atoms with Gasteiger partial charge >= 0.3 is 5.97 Å². The van der Waals surface area contributed by atoms with Gasteiger partial charge in [-0.05, 0) is 6.92 Å². The van der Waals surface area contributed by atoms with Crippen molar-refractivity contribution in [1.29, 1.82) is 0 Å². The second kappa shape index (κ2) is 3.75. The Bertz CT molecular complexity index is 370. The summed E-state index contributed by atoms with van der Waals surface area (Å²) < 4.78 is 4.69. The lowest BCUT2D eigenvalue weighted by molar-refractivity contribution is 0.0527. The molecule has 1 rings (SSSR count). The summed E-state index contributed by atoms with van der Waals surface area (Å²) in [6.45, 7) is 1.94. The van der Waals surface area contributed by atoms with E-state index >= 15 is 0 Å². The molecule has 0 fully saturated rings. The zero-order chi connectivity index (χ0) is 9.84. The molecular formula is C8H10N2O3. The molecule has 0 spiro atoms. The zero-order valence-electron chi connectivity index (χ0n) is 7.16. The fourth-order valence-corrected chi connectivity index (χ4v) is 0.868. The van der Waals surface area contributed by atoms with E-state index in [1.54, 1.807) is 6.92 Å². The highest BCUT2D eigenvalue weighted by Gasteiger charge is 2.10. The Morgan fingerprint density at radius 2 is 2.38 bits per heavy atom. The van der Waals surface area contributed by atoms with Crippen LogP contribution in [0, 0.1) is 0 Å². The van der Waals surface area contributed by atoms with E-state index in [0.29, 0.717) is 0 Å². The van der Waals surface area contributed by atoms with E-state index in [2.05, 4.69) is 4.98 Å². The number of rotatable bonds is 2. The largest absolute Gasteiger partial charge is 0.462 e. The lowest BCUT2D eigenvalue weighted by Gasteiger charge is -2.02. The van der Waals surface area contributed by atoms with Crippen molar-refractivity contribution in [3.63, 3.8) is 0 Å². The molecule has 1 heterocycles. The molecule has 0 atom stereocenters. The van der Waals surface area contributed by atoms with Gasteiger partial charge in [0.05, 0.1) is 17.9 Å². The fourth-order valence-electron chi connectivity index (χ4n) is 0.868. The van der Waals surface area contributed by atoms with E-state index in [1.165, 1.54) is 6.20 Å². The highest BCUT2D eigenvalue weighted by Crippen LogP contribution is 2.07. The molecule has 0 saturated carbocycles. The molecule has 3 N–H and O–H groups in total. The predicted octanol–water partition coefficient (Wildman–Crippen LogP) is 0.134. The van der Waals surface area contributed by atoms with Crippen LogP contribution in [0.3, 0.4) is 0 Å². The van der Waals surface area contributed by atoms with Gasteiger partial charge in [-0.25, -0.2) is 4.79 Å². The van der Waals surface area contributed by atoms with E-state index in [0.717, 1.165) is 6.07 Å². The molecule has 0 radical (unpaired) electrons. The minimum absolute atomic E-state index is 0.102. The summed E-state index contributed by atoms with van der Waals surface area (Å²) in [6, 6.07) is 1.12. The lowest BCUT2D eigenvalue weighted by Crippen LogP contribution is -2.14. The Morgan fingerprint density at radius 3 is 3.00 bits per heavy atom. The smallest absolute Gasteiger partial charge is 0.340 e. The average molecular weight is 182 g/mol. The summed E-state index contributed by atoms with van der Waals surface area (Å²) >= 11 is 0. The second-order valence-corrected chi connectivity index (χ2v) is 2.39. The minimum atomic E-state index is -0.578. The Kier molecular flexibility index (Phi) is 2.69. The third-order valence-corrected chi connectivity index (χ3v) is 1.45. The van der Waals surface area contributed by atoms with Gasteiger partial charge in [0.15, 0.2) is 0 Å². The Morgan fingerprint density at radius 1 is 1.69 bits per heavy atom. The van der Waals surface area contributed by atoms with Gasteiger partial charge in [0, 0.05) is 12.3 Å². The van der Waals surface area contributed by atoms with Crippen LogP contribution in [-0.2, 0) is 4.74 Å². The number of carbonyl (C=O) groups is 1. The van der Waals surface area contributed by atoms with Crippen molar-refractivity contribution < 1.29 is 9.53 Å². The third kappa shape index (κ3) is 2.08. The molecule has 0 aromatic carbocycles. The molecule has 13 heavy (non-hydrogen) atoms. The van der Waals surface area contributed by atoms with Crippen LogP contribution in [0.15, 0.2) is 17.1 Å². The van der Waals surface area contributed by atoms with Crippen molar-refractivity contribution in [2.45, 2.75) is 6.92 Å². The zero-order valence-corrected chi connectivity index (χ0v) is 7.16. The molecule has 0 aliphatic rings. The Labute approximate surface area is 74.5 Å². The number of nitrogens with one attached hydrogen (secondary N) is 1. The standard InChI is InChI=1S/C8H10N2O3/c1-2-13-8(12)5-3-7(11)10-4-6(5)9/h3-4H,2,9H2,1H3,(H,10,11). The van der Waals surface area contributed by atoms with Gasteiger partial charge < -0.3 is 15.5 Å². The van der Waals surface area contributed by atoms with Crippen molar-refractivity contribution in [2.75, 3.05) is 12.3 Å². The lowest BCUT2D eigenvalue weighted by atomic mass is 10.2. The number of esters is 1. The summed E-state index contributed by atoms with van der Waals surface area (Å²) in [5.41, 5.74) is 5.38. The molecule has 0 bridgehead atoms. The van der Waals surface area contributed by atoms with Crippen LogP contribution in [0.2, 0.25) is 0 Å². The first-order valence-electron chi connectivity index (χ1n) is 3.80. The molecule has 70 valence electrons. The SMILES string of the molecule is CCOC(=O)c1cc(=O)[nH]cc1N. The highest BCUT2D eigenvalue weighted by molar-refractivity contribution is 5.94. The topological polar surface area (TPSA) is 85.2 Å². The van der Waals surface area contributed by atoms with Gasteiger partial charge in [-0.1, -0.05) is 0 Å². The van der Waals surface area contributed by atoms with Crippen LogP contribution in [0.25, 0.3) is 0 Å². The molecular weight excluding hydrogens is 172 g/mol. The first kappa shape index (κ1) is 9.31. The number of carbonyl (C=O) groups excluding carboxylic acids is 1. The molecule has 1 aromatic rings. The number of aromatic nitrogens is 1. The van der Waals surface area contributed by atoms with Crippen LogP contribution in [0.4, 0.5) is 5.69 Å². The summed E-state index contributed by atoms with van der Waals surface area (Å²) in [4.78, 5) is 24.3. The maximum absolute atomic E-state index is 11.2. The monoisotopic (exact) mass is 182 g/mol. The molecule has 0 aliphatic heterocycles. The van der Waals surface area contributed by atoms with Gasteiger partial charge in [-0.2, -0.15) is 0 Å². The van der Waals surface area contributed by atoms with Gasteiger partial charge in [0.2, 0.25) is 5.56 Å². The average Bonchev–Trinajstić information content (AvgIpc) is 2.09. The highest BCUT2D eigenvalue weighted by atomic mass is 16.5. The number of H-pyrrole nitrogens is 1. The second-order valence-electron chi connectivity index (χ2n) is 2.39. The van der Waals surface area contributed by atoms with Crippen LogP contribution >= 0.6 is 0 Å². The Balaban J connectivity index is 3.06. The minimum Gasteiger partial charge on any atom is -0.462 e. The number of hydrogen-bond donors (Lipinski definition) is 2. The van der Waals surface area contributed by atoms with E-state index in [4.69, 9.17) is 10.5 Å². The number of nitrogen functional groups attached to an aromatic ring is 1. The van der Waals surface area contributed by atoms with Crippen molar-refractivity contribution >= 4 is 11.7 Å². The first-order chi connectivity index (χ1) is 6.15. The molecule has 0 aliphatic carbocycles. The van der Waals surface area contributed by atoms with Gasteiger partial charge in [-0.3, -0.25) is 4.79 Å². The van der Waals surface area contributed by atoms with Crippen LogP contribution in [0.1, 0.15) is 17.3 Å². The number of ether oxygens (including phenoxy) is 1. The van der Waals surface area contributed by atoms with E-state index in [9.17, 15) is 9.59 Å². The van der Waals surface area contributed by atoms with Crippen molar-refractivity contribution in [3.8, 4) is 0 Å². The number of aromatic amines is 1. The molecule has 5 nitrogen and oxygen atoms in total. The number of anilines is 1. The predicted molar refractivity (Wildman–Crippen MR) is 47.4 cm³/mol. The van der Waals surface area contributed by atoms with Crippen LogP contribution < -0.4 is 11.3 Å². The quantitative estimate of drug-likeness (QED) is 0.637. The molecule has 1 aromatic heterocycles. The van der Waals surface area contributed by atoms with Crippen LogP contribution in [0.5, 0.6) is 0 Å². The van der Waals surface area contributed by atoms with E-state index in [1.807, 2.05) is 0 Å². The number of pyridine rings is 1. The molecule has 0 amide bonds. The summed E-state index contributed by atoms with van der Waals surface area (Å²) in [5, 5.41) is 0. The van der Waals surface area contributed by atoms with Gasteiger partial charge in [-0.15, -0.1) is 0 Å². The first-order valence-corrected chi connectivity index (χ1v) is 3.80. The maximum atomic E-state index is 11.2. The molecule has 5 heteroatoms. The summed E-state index contributed by atoms with van der Waals surface area (Å²) in [7, 11) is 0. The van der Waals surface area contributed by atoms with Crippen LogP contribution in [-0.4, -0.2) is 17.6 Å². The van der Waals surface area contributed by atoms with Crippen molar-refractivity contribution in [3.05, 3.63) is 28.2 Å². The molecule has 0 saturated heterocycles. The fraction of sp³-hybridized carbons (Fsp3) is 0.250. The number of hydrogen-bond acceptors (Lipinski definition) is 4. The summed E-state index contributed by atoms with van der Waals surface area (Å²) in [5.74, 6) is -0.578. The van der Waals surface area contributed by atoms with E-state index in [-0.39, 0.29) is 23.4 Å². The number of nitrogens with two attached hydrogens (primary N) is 1.